The molecule has 3 unspecified atom stereocenters. The van der Waals surface area contributed by atoms with E-state index in [-0.39, 0.29) is 0 Å². The number of nitrogens with two attached hydrogens (primary N) is 1. The molecule has 1 heterocycles. The van der Waals surface area contributed by atoms with Crippen LogP contribution in [0.2, 0.25) is 0 Å². The third-order valence-electron chi connectivity index (χ3n) is 5.86. The highest BCUT2D eigenvalue weighted by atomic mass is 32.1. The van der Waals surface area contributed by atoms with E-state index in [0.29, 0.717) is 41.8 Å². The lowest BCUT2D eigenvalue weighted by atomic mass is 9.80. The molecule has 1 saturated carbocycles. The van der Waals surface area contributed by atoms with Crippen LogP contribution in [0.5, 0.6) is 0 Å². The zero-order chi connectivity index (χ0) is 16.9. The Balaban J connectivity index is 1.59. The average molecular weight is 349 g/mol. The summed E-state index contributed by atoms with van der Waals surface area (Å²) >= 11 is 0.624. The maximum absolute atomic E-state index is 11.4. The molecular weight excluding hydrogens is 318 g/mol. The van der Waals surface area contributed by atoms with Crippen molar-refractivity contribution in [2.75, 3.05) is 6.54 Å². The van der Waals surface area contributed by atoms with E-state index < -0.39 is 0 Å². The Morgan fingerprint density at radius 1 is 1.21 bits per heavy atom. The summed E-state index contributed by atoms with van der Waals surface area (Å²) in [6.45, 7) is 3.33. The second kappa shape index (κ2) is 8.48. The number of benzene rings is 1. The van der Waals surface area contributed by atoms with E-state index >= 15 is 0 Å². The molecule has 24 heavy (non-hydrogen) atoms. The van der Waals surface area contributed by atoms with Gasteiger partial charge in [0.15, 0.2) is 0 Å². The Bertz CT molecular complexity index is 545. The minimum Gasteiger partial charge on any atom is -0.328 e. The standard InChI is InChI=1S/C19H30N3OS/c1-13(17-4-2-3-5-18(17)24-23)14-10-11-21-19(12-14)22-16-8-6-15(20)7-9-16/h2-5,13-16,19,21-22H,6-12,20H2,1H3/q+1. The number of rotatable bonds is 5. The summed E-state index contributed by atoms with van der Waals surface area (Å²) in [5.41, 5.74) is 7.23. The Labute approximate surface area is 149 Å². The second-order valence-corrected chi connectivity index (χ2v) is 8.09. The number of nitrogens with one attached hydrogen (secondary N) is 2. The molecule has 0 amide bonds. The SMILES string of the molecule is CC(c1ccccc1[S+]=O)C1CCNC(NC2CCC(N)CC2)C1. The molecule has 0 radical (unpaired) electrons. The summed E-state index contributed by atoms with van der Waals surface area (Å²) in [5, 5.41) is 7.44. The molecule has 3 atom stereocenters. The highest BCUT2D eigenvalue weighted by Gasteiger charge is 2.31. The van der Waals surface area contributed by atoms with Crippen molar-refractivity contribution in [3.05, 3.63) is 29.8 Å². The molecule has 4 N–H and O–H groups in total. The third kappa shape index (κ3) is 4.39. The molecule has 0 bridgehead atoms. The van der Waals surface area contributed by atoms with E-state index in [9.17, 15) is 4.21 Å². The number of hydrogen-bond acceptors (Lipinski definition) is 4. The third-order valence-corrected chi connectivity index (χ3v) is 6.41. The molecule has 2 aliphatic rings. The van der Waals surface area contributed by atoms with E-state index in [0.717, 1.165) is 30.7 Å². The zero-order valence-corrected chi connectivity index (χ0v) is 15.4. The summed E-state index contributed by atoms with van der Waals surface area (Å²) in [6.07, 6.45) is 7.34. The number of hydrogen-bond donors (Lipinski definition) is 3. The van der Waals surface area contributed by atoms with E-state index in [1.165, 1.54) is 24.8 Å². The largest absolute Gasteiger partial charge is 0.505 e. The molecule has 4 nitrogen and oxygen atoms in total. The lowest BCUT2D eigenvalue weighted by Gasteiger charge is -2.37. The quantitative estimate of drug-likeness (QED) is 0.716. The van der Waals surface area contributed by atoms with Gasteiger partial charge in [-0.1, -0.05) is 25.1 Å². The first-order valence-electron chi connectivity index (χ1n) is 9.31. The van der Waals surface area contributed by atoms with Gasteiger partial charge in [-0.15, -0.1) is 0 Å². The second-order valence-electron chi connectivity index (χ2n) is 7.48. The van der Waals surface area contributed by atoms with E-state index in [1.54, 1.807) is 0 Å². The van der Waals surface area contributed by atoms with Crippen molar-refractivity contribution in [2.24, 2.45) is 11.7 Å². The van der Waals surface area contributed by atoms with Crippen molar-refractivity contribution in [2.45, 2.75) is 74.5 Å². The summed E-state index contributed by atoms with van der Waals surface area (Å²) in [7, 11) is 0. The lowest BCUT2D eigenvalue weighted by molar-refractivity contribution is 0.208. The smallest absolute Gasteiger partial charge is 0.328 e. The molecule has 132 valence electrons. The van der Waals surface area contributed by atoms with E-state index in [1.807, 2.05) is 18.2 Å². The van der Waals surface area contributed by atoms with Gasteiger partial charge in [0.1, 0.15) is 0 Å². The van der Waals surface area contributed by atoms with Crippen molar-refractivity contribution >= 4 is 11.7 Å². The van der Waals surface area contributed by atoms with Crippen LogP contribution in [0, 0.1) is 5.92 Å². The van der Waals surface area contributed by atoms with Gasteiger partial charge in [-0.25, -0.2) is 0 Å². The first kappa shape index (κ1) is 17.9. The van der Waals surface area contributed by atoms with Crippen LogP contribution in [-0.2, 0) is 15.9 Å². The van der Waals surface area contributed by atoms with Crippen molar-refractivity contribution in [1.82, 2.24) is 10.6 Å². The predicted octanol–water partition coefficient (Wildman–Crippen LogP) is 2.76. The fraction of sp³-hybridized carbons (Fsp3) is 0.684. The Morgan fingerprint density at radius 3 is 2.71 bits per heavy atom. The van der Waals surface area contributed by atoms with Gasteiger partial charge in [-0.3, -0.25) is 5.32 Å². The van der Waals surface area contributed by atoms with Gasteiger partial charge in [0.05, 0.1) is 6.17 Å². The molecule has 1 aliphatic carbocycles. The van der Waals surface area contributed by atoms with Gasteiger partial charge in [-0.2, -0.15) is 0 Å². The Hall–Kier alpha value is -0.880. The molecule has 0 aromatic heterocycles. The molecule has 1 saturated heterocycles. The van der Waals surface area contributed by atoms with Gasteiger partial charge >= 0.3 is 11.7 Å². The van der Waals surface area contributed by atoms with Crippen molar-refractivity contribution in [3.63, 3.8) is 0 Å². The van der Waals surface area contributed by atoms with Crippen molar-refractivity contribution in [3.8, 4) is 0 Å². The molecule has 2 fully saturated rings. The maximum atomic E-state index is 11.4. The van der Waals surface area contributed by atoms with Crippen molar-refractivity contribution in [1.29, 1.82) is 0 Å². The summed E-state index contributed by atoms with van der Waals surface area (Å²) in [6, 6.07) is 9.07. The summed E-state index contributed by atoms with van der Waals surface area (Å²) in [4.78, 5) is 0.884. The molecule has 1 aromatic rings. The van der Waals surface area contributed by atoms with Crippen LogP contribution in [0.4, 0.5) is 0 Å². The van der Waals surface area contributed by atoms with Gasteiger partial charge in [0.2, 0.25) is 0 Å². The maximum Gasteiger partial charge on any atom is 0.505 e. The van der Waals surface area contributed by atoms with Crippen LogP contribution in [0.1, 0.15) is 56.9 Å². The molecule has 0 spiro atoms. The van der Waals surface area contributed by atoms with E-state index in [4.69, 9.17) is 5.73 Å². The normalized spacial score (nSPS) is 32.2. The average Bonchev–Trinajstić information content (AvgIpc) is 2.63. The predicted molar refractivity (Wildman–Crippen MR) is 99.1 cm³/mol. The van der Waals surface area contributed by atoms with Crippen molar-refractivity contribution < 1.29 is 4.21 Å². The van der Waals surface area contributed by atoms with Crippen LogP contribution >= 0.6 is 0 Å². The fourth-order valence-electron chi connectivity index (χ4n) is 4.28. The fourth-order valence-corrected chi connectivity index (χ4v) is 4.77. The zero-order valence-electron chi connectivity index (χ0n) is 14.5. The van der Waals surface area contributed by atoms with Gasteiger partial charge in [-0.05, 0) is 56.9 Å². The monoisotopic (exact) mass is 348 g/mol. The van der Waals surface area contributed by atoms with Gasteiger partial charge < -0.3 is 11.1 Å². The van der Waals surface area contributed by atoms with Crippen LogP contribution in [0.25, 0.3) is 0 Å². The van der Waals surface area contributed by atoms with Gasteiger partial charge in [0, 0.05) is 27.9 Å². The molecule has 1 aromatic carbocycles. The van der Waals surface area contributed by atoms with Gasteiger partial charge in [0.25, 0.3) is 4.90 Å². The van der Waals surface area contributed by atoms with Crippen LogP contribution in [0.3, 0.4) is 0 Å². The number of piperidine rings is 1. The minimum atomic E-state index is 0.387. The Morgan fingerprint density at radius 2 is 1.96 bits per heavy atom. The summed E-state index contributed by atoms with van der Waals surface area (Å²) < 4.78 is 11.4. The van der Waals surface area contributed by atoms with E-state index in [2.05, 4.69) is 23.6 Å². The molecule has 1 aliphatic heterocycles. The molecule has 3 rings (SSSR count). The molecule has 5 heteroatoms. The van der Waals surface area contributed by atoms with Crippen LogP contribution < -0.4 is 16.4 Å². The van der Waals surface area contributed by atoms with Crippen LogP contribution in [0.15, 0.2) is 29.2 Å². The van der Waals surface area contributed by atoms with Crippen LogP contribution in [-0.4, -0.2) is 24.8 Å². The lowest BCUT2D eigenvalue weighted by Crippen LogP contribution is -2.53. The highest BCUT2D eigenvalue weighted by Crippen LogP contribution is 2.34. The Kier molecular flexibility index (Phi) is 6.33. The minimum absolute atomic E-state index is 0.387. The topological polar surface area (TPSA) is 67.2 Å². The first-order valence-corrected chi connectivity index (χ1v) is 10.0. The summed E-state index contributed by atoms with van der Waals surface area (Å²) in [5.74, 6) is 1.04. The highest BCUT2D eigenvalue weighted by molar-refractivity contribution is 7.65. The first-order chi connectivity index (χ1) is 11.7. The molecular formula is C19H30N3OS+.